The van der Waals surface area contributed by atoms with Gasteiger partial charge in [0.05, 0.1) is 5.92 Å². The molecule has 0 saturated carbocycles. The van der Waals surface area contributed by atoms with E-state index in [1.165, 1.54) is 11.1 Å². The summed E-state index contributed by atoms with van der Waals surface area (Å²) in [7, 11) is 0. The van der Waals surface area contributed by atoms with Crippen LogP contribution in [0.2, 0.25) is 0 Å². The molecule has 0 bridgehead atoms. The molecule has 1 N–H and O–H groups in total. The molecule has 0 amide bonds. The van der Waals surface area contributed by atoms with Crippen LogP contribution in [-0.4, -0.2) is 29.1 Å². The third-order valence-electron chi connectivity index (χ3n) is 4.26. The fraction of sp³-hybridized carbons (Fsp3) is 0.588. The monoisotopic (exact) mass is 347 g/mol. The van der Waals surface area contributed by atoms with Crippen LogP contribution in [0.4, 0.5) is 0 Å². The highest BCUT2D eigenvalue weighted by Gasteiger charge is 2.20. The van der Waals surface area contributed by atoms with E-state index in [1.54, 1.807) is 0 Å². The Morgan fingerprint density at radius 2 is 1.91 bits per heavy atom. The van der Waals surface area contributed by atoms with E-state index < -0.39 is 5.97 Å². The summed E-state index contributed by atoms with van der Waals surface area (Å²) < 4.78 is 0. The van der Waals surface area contributed by atoms with Crippen LogP contribution < -0.4 is 0 Å². The Morgan fingerprint density at radius 3 is 2.55 bits per heavy atom. The normalized spacial score (nSPS) is 15.1. The molecule has 1 heterocycles. The van der Waals surface area contributed by atoms with Gasteiger partial charge >= 0.3 is 5.97 Å². The standard InChI is InChI=1S/C17H25NO2.2ClH/c1-2-3-6-15(17(19)20)10-12-18-11-9-14-7-4-5-8-16(14)13-18;;/h4-5,7-8,15H,2-3,6,9-13H2,1H3,(H,19,20);2*1H. The molecule has 3 nitrogen and oxygen atoms in total. The first-order chi connectivity index (χ1) is 9.70. The number of hydrogen-bond acceptors (Lipinski definition) is 2. The zero-order chi connectivity index (χ0) is 14.4. The van der Waals surface area contributed by atoms with E-state index in [0.717, 1.165) is 51.7 Å². The molecule has 1 atom stereocenters. The number of benzene rings is 1. The minimum atomic E-state index is -0.629. The van der Waals surface area contributed by atoms with Gasteiger partial charge in [0.1, 0.15) is 0 Å². The molecule has 1 aromatic rings. The lowest BCUT2D eigenvalue weighted by Gasteiger charge is -2.29. The van der Waals surface area contributed by atoms with Crippen molar-refractivity contribution < 1.29 is 9.90 Å². The van der Waals surface area contributed by atoms with Crippen molar-refractivity contribution in [1.82, 2.24) is 4.90 Å². The van der Waals surface area contributed by atoms with Gasteiger partial charge in [0.2, 0.25) is 0 Å². The summed E-state index contributed by atoms with van der Waals surface area (Å²) in [4.78, 5) is 13.7. The van der Waals surface area contributed by atoms with Crippen molar-refractivity contribution in [3.63, 3.8) is 0 Å². The quantitative estimate of drug-likeness (QED) is 0.804. The maximum Gasteiger partial charge on any atom is 0.306 e. The summed E-state index contributed by atoms with van der Waals surface area (Å²) in [6.45, 7) is 5.03. The fourth-order valence-electron chi connectivity index (χ4n) is 2.93. The number of fused-ring (bicyclic) bond motifs is 1. The number of carboxylic acids is 1. The van der Waals surface area contributed by atoms with E-state index in [4.69, 9.17) is 0 Å². The number of carbonyl (C=O) groups is 1. The Kier molecular flexibility index (Phi) is 10.5. The summed E-state index contributed by atoms with van der Waals surface area (Å²) in [5.74, 6) is -0.803. The van der Waals surface area contributed by atoms with Gasteiger partial charge in [0.25, 0.3) is 0 Å². The Labute approximate surface area is 145 Å². The van der Waals surface area contributed by atoms with E-state index in [0.29, 0.717) is 0 Å². The van der Waals surface area contributed by atoms with Crippen molar-refractivity contribution in [2.45, 2.75) is 45.6 Å². The smallest absolute Gasteiger partial charge is 0.306 e. The van der Waals surface area contributed by atoms with Gasteiger partial charge in [-0.1, -0.05) is 44.0 Å². The van der Waals surface area contributed by atoms with Crippen molar-refractivity contribution in [3.8, 4) is 0 Å². The van der Waals surface area contributed by atoms with E-state index in [1.807, 2.05) is 0 Å². The van der Waals surface area contributed by atoms with Gasteiger partial charge in [-0.25, -0.2) is 0 Å². The third kappa shape index (κ3) is 6.15. The lowest BCUT2D eigenvalue weighted by Crippen LogP contribution is -2.33. The molecule has 0 aromatic heterocycles. The van der Waals surface area contributed by atoms with Gasteiger partial charge in [-0.2, -0.15) is 0 Å². The van der Waals surface area contributed by atoms with E-state index in [2.05, 4.69) is 36.1 Å². The number of rotatable bonds is 7. The maximum absolute atomic E-state index is 11.3. The molecule has 1 aliphatic heterocycles. The Balaban J connectivity index is 0.00000220. The van der Waals surface area contributed by atoms with Crippen LogP contribution in [-0.2, 0) is 17.8 Å². The summed E-state index contributed by atoms with van der Waals surface area (Å²) in [5.41, 5.74) is 2.85. The molecule has 126 valence electrons. The first kappa shape index (κ1) is 21.2. The predicted molar refractivity (Wildman–Crippen MR) is 95.2 cm³/mol. The Hall–Kier alpha value is -0.770. The van der Waals surface area contributed by atoms with Crippen LogP contribution >= 0.6 is 24.8 Å². The number of aliphatic carboxylic acids is 1. The molecule has 1 aromatic carbocycles. The molecule has 22 heavy (non-hydrogen) atoms. The average Bonchev–Trinajstić information content (AvgIpc) is 2.46. The highest BCUT2D eigenvalue weighted by atomic mass is 35.5. The lowest BCUT2D eigenvalue weighted by molar-refractivity contribution is -0.142. The second-order valence-corrected chi connectivity index (χ2v) is 5.76. The van der Waals surface area contributed by atoms with Crippen LogP contribution in [0.15, 0.2) is 24.3 Å². The Morgan fingerprint density at radius 1 is 1.23 bits per heavy atom. The summed E-state index contributed by atoms with van der Waals surface area (Å²) in [6.07, 6.45) is 4.76. The van der Waals surface area contributed by atoms with Gasteiger partial charge in [-0.3, -0.25) is 9.69 Å². The Bertz CT molecular complexity index is 454. The fourth-order valence-corrected chi connectivity index (χ4v) is 2.93. The molecule has 0 spiro atoms. The number of carboxylic acid groups (broad SMARTS) is 1. The first-order valence-electron chi connectivity index (χ1n) is 7.72. The molecule has 1 unspecified atom stereocenters. The van der Waals surface area contributed by atoms with E-state index in [-0.39, 0.29) is 30.7 Å². The van der Waals surface area contributed by atoms with Crippen LogP contribution in [0.1, 0.15) is 43.7 Å². The summed E-state index contributed by atoms with van der Waals surface area (Å²) in [6, 6.07) is 8.57. The van der Waals surface area contributed by atoms with E-state index >= 15 is 0 Å². The molecule has 2 rings (SSSR count). The second-order valence-electron chi connectivity index (χ2n) is 5.76. The largest absolute Gasteiger partial charge is 0.481 e. The van der Waals surface area contributed by atoms with E-state index in [9.17, 15) is 9.90 Å². The van der Waals surface area contributed by atoms with Crippen molar-refractivity contribution in [2.75, 3.05) is 13.1 Å². The van der Waals surface area contributed by atoms with Gasteiger partial charge in [-0.15, -0.1) is 24.8 Å². The number of unbranched alkanes of at least 4 members (excludes halogenated alkanes) is 1. The zero-order valence-corrected chi connectivity index (χ0v) is 14.8. The molecule has 1 aliphatic rings. The summed E-state index contributed by atoms with van der Waals surface area (Å²) >= 11 is 0. The molecule has 5 heteroatoms. The number of hydrogen-bond donors (Lipinski definition) is 1. The average molecular weight is 348 g/mol. The maximum atomic E-state index is 11.3. The molecular weight excluding hydrogens is 321 g/mol. The lowest BCUT2D eigenvalue weighted by atomic mass is 9.96. The van der Waals surface area contributed by atoms with Gasteiger partial charge in [-0.05, 0) is 36.9 Å². The minimum absolute atomic E-state index is 0. The van der Waals surface area contributed by atoms with Crippen molar-refractivity contribution in [2.24, 2.45) is 5.92 Å². The van der Waals surface area contributed by atoms with Crippen molar-refractivity contribution in [1.29, 1.82) is 0 Å². The second kappa shape index (κ2) is 10.9. The minimum Gasteiger partial charge on any atom is -0.481 e. The highest BCUT2D eigenvalue weighted by Crippen LogP contribution is 2.20. The molecule has 0 saturated heterocycles. The van der Waals surface area contributed by atoms with Crippen molar-refractivity contribution >= 4 is 30.8 Å². The number of halogens is 2. The molecular formula is C17H27Cl2NO2. The van der Waals surface area contributed by atoms with Crippen LogP contribution in [0.3, 0.4) is 0 Å². The molecule has 0 fully saturated rings. The topological polar surface area (TPSA) is 40.5 Å². The SMILES string of the molecule is CCCCC(CCN1CCc2ccccc2C1)C(=O)O.Cl.Cl. The van der Waals surface area contributed by atoms with Gasteiger partial charge in [0.15, 0.2) is 0 Å². The molecule has 0 radical (unpaired) electrons. The highest BCUT2D eigenvalue weighted by molar-refractivity contribution is 5.85. The van der Waals surface area contributed by atoms with Crippen molar-refractivity contribution in [3.05, 3.63) is 35.4 Å². The zero-order valence-electron chi connectivity index (χ0n) is 13.2. The molecule has 0 aliphatic carbocycles. The van der Waals surface area contributed by atoms with Crippen LogP contribution in [0.25, 0.3) is 0 Å². The first-order valence-corrected chi connectivity index (χ1v) is 7.72. The van der Waals surface area contributed by atoms with Crippen LogP contribution in [0, 0.1) is 5.92 Å². The predicted octanol–water partition coefficient (Wildman–Crippen LogP) is 4.17. The van der Waals surface area contributed by atoms with Crippen LogP contribution in [0.5, 0.6) is 0 Å². The van der Waals surface area contributed by atoms with Gasteiger partial charge in [0, 0.05) is 13.1 Å². The number of nitrogens with zero attached hydrogens (tertiary/aromatic N) is 1. The van der Waals surface area contributed by atoms with Gasteiger partial charge < -0.3 is 5.11 Å². The third-order valence-corrected chi connectivity index (χ3v) is 4.26. The summed E-state index contributed by atoms with van der Waals surface area (Å²) in [5, 5.41) is 9.27.